The van der Waals surface area contributed by atoms with Gasteiger partial charge < -0.3 is 0 Å². The lowest BCUT2D eigenvalue weighted by molar-refractivity contribution is 0.619. The zero-order valence-corrected chi connectivity index (χ0v) is 12.3. The molecular formula is C15H14ClFN4. The highest BCUT2D eigenvalue weighted by Gasteiger charge is 2.08. The zero-order valence-electron chi connectivity index (χ0n) is 11.5. The van der Waals surface area contributed by atoms with Crippen LogP contribution < -0.4 is 0 Å². The smallest absolute Gasteiger partial charge is 0.141 e. The highest BCUT2D eigenvalue weighted by molar-refractivity contribution is 6.31. The first kappa shape index (κ1) is 13.8. The Hall–Kier alpha value is -2.14. The number of rotatable bonds is 4. The van der Waals surface area contributed by atoms with Crippen molar-refractivity contribution in [2.75, 3.05) is 0 Å². The van der Waals surface area contributed by atoms with Gasteiger partial charge >= 0.3 is 0 Å². The largest absolute Gasteiger partial charge is 0.276 e. The van der Waals surface area contributed by atoms with Crippen molar-refractivity contribution < 1.29 is 4.39 Å². The van der Waals surface area contributed by atoms with E-state index in [1.807, 2.05) is 30.2 Å². The van der Waals surface area contributed by atoms with Crippen molar-refractivity contribution in [3.05, 3.63) is 59.3 Å². The molecule has 0 atom stereocenters. The summed E-state index contributed by atoms with van der Waals surface area (Å²) in [7, 11) is 1.89. The van der Waals surface area contributed by atoms with Crippen LogP contribution >= 0.6 is 11.6 Å². The van der Waals surface area contributed by atoms with Crippen LogP contribution in [-0.2, 0) is 20.0 Å². The van der Waals surface area contributed by atoms with E-state index in [0.29, 0.717) is 0 Å². The summed E-state index contributed by atoms with van der Waals surface area (Å²) >= 11 is 5.84. The molecule has 0 bridgehead atoms. The molecule has 0 spiro atoms. The molecule has 1 aromatic carbocycles. The highest BCUT2D eigenvalue weighted by atomic mass is 35.5. The van der Waals surface area contributed by atoms with Crippen molar-refractivity contribution in [3.8, 4) is 11.3 Å². The Morgan fingerprint density at radius 2 is 2.10 bits per heavy atom. The predicted molar refractivity (Wildman–Crippen MR) is 79.5 cm³/mol. The minimum atomic E-state index is -0.415. The predicted octanol–water partition coefficient (Wildman–Crippen LogP) is 3.32. The van der Waals surface area contributed by atoms with Crippen molar-refractivity contribution in [1.29, 1.82) is 0 Å². The van der Waals surface area contributed by atoms with Crippen LogP contribution in [-0.4, -0.2) is 19.6 Å². The maximum atomic E-state index is 13.2. The lowest BCUT2D eigenvalue weighted by Crippen LogP contribution is -2.04. The van der Waals surface area contributed by atoms with Gasteiger partial charge in [-0.05, 0) is 36.2 Å². The summed E-state index contributed by atoms with van der Waals surface area (Å²) in [5.74, 6) is -0.415. The van der Waals surface area contributed by atoms with E-state index in [4.69, 9.17) is 11.6 Å². The van der Waals surface area contributed by atoms with Gasteiger partial charge in [-0.1, -0.05) is 11.6 Å². The van der Waals surface area contributed by atoms with Crippen LogP contribution in [0.4, 0.5) is 4.39 Å². The fourth-order valence-electron chi connectivity index (χ4n) is 2.25. The number of benzene rings is 1. The van der Waals surface area contributed by atoms with Gasteiger partial charge in [0.05, 0.1) is 16.9 Å². The van der Waals surface area contributed by atoms with Gasteiger partial charge in [0.15, 0.2) is 0 Å². The molecule has 0 fully saturated rings. The molecule has 0 radical (unpaired) electrons. The Labute approximate surface area is 126 Å². The monoisotopic (exact) mass is 304 g/mol. The molecule has 0 amide bonds. The maximum Gasteiger partial charge on any atom is 0.141 e. The molecule has 3 aromatic rings. The van der Waals surface area contributed by atoms with Gasteiger partial charge in [-0.3, -0.25) is 9.36 Å². The number of aryl methyl sites for hydroxylation is 3. The second-order valence-corrected chi connectivity index (χ2v) is 5.25. The molecular weight excluding hydrogens is 291 g/mol. The third-order valence-electron chi connectivity index (χ3n) is 3.30. The number of nitrogens with zero attached hydrogens (tertiary/aromatic N) is 4. The Morgan fingerprint density at radius 1 is 1.24 bits per heavy atom. The Kier molecular flexibility index (Phi) is 3.75. The van der Waals surface area contributed by atoms with Crippen LogP contribution in [0.2, 0.25) is 5.02 Å². The first-order chi connectivity index (χ1) is 10.1. The molecule has 3 rings (SSSR count). The molecule has 0 N–H and O–H groups in total. The lowest BCUT2D eigenvalue weighted by Gasteiger charge is -2.07. The van der Waals surface area contributed by atoms with Gasteiger partial charge in [0.2, 0.25) is 0 Å². The Bertz CT molecular complexity index is 763. The van der Waals surface area contributed by atoms with Crippen molar-refractivity contribution in [1.82, 2.24) is 19.6 Å². The fourth-order valence-corrected chi connectivity index (χ4v) is 2.43. The standard InChI is InChI=1S/C15H14ClFN4/c1-20-10-11(9-19-20)5-7-21-15(4-6-18-21)12-2-3-14(17)13(16)8-12/h2-4,6,8-10H,5,7H2,1H3. The van der Waals surface area contributed by atoms with Crippen LogP contribution in [0.1, 0.15) is 5.56 Å². The average Bonchev–Trinajstić information content (AvgIpc) is 3.08. The summed E-state index contributed by atoms with van der Waals surface area (Å²) in [6.07, 6.45) is 6.39. The summed E-state index contributed by atoms with van der Waals surface area (Å²) in [6, 6.07) is 6.59. The van der Waals surface area contributed by atoms with Crippen molar-refractivity contribution in [2.24, 2.45) is 7.05 Å². The van der Waals surface area contributed by atoms with Crippen LogP contribution in [0.15, 0.2) is 42.9 Å². The first-order valence-electron chi connectivity index (χ1n) is 6.58. The average molecular weight is 305 g/mol. The van der Waals surface area contributed by atoms with E-state index in [1.165, 1.54) is 6.07 Å². The zero-order chi connectivity index (χ0) is 14.8. The van der Waals surface area contributed by atoms with E-state index in [9.17, 15) is 4.39 Å². The molecule has 6 heteroatoms. The fraction of sp³-hybridized carbons (Fsp3) is 0.200. The molecule has 0 unspecified atom stereocenters. The van der Waals surface area contributed by atoms with Gasteiger partial charge in [0.25, 0.3) is 0 Å². The van der Waals surface area contributed by atoms with E-state index in [2.05, 4.69) is 10.2 Å². The molecule has 4 nitrogen and oxygen atoms in total. The van der Waals surface area contributed by atoms with E-state index >= 15 is 0 Å². The molecule has 108 valence electrons. The first-order valence-corrected chi connectivity index (χ1v) is 6.96. The SMILES string of the molecule is Cn1cc(CCn2nccc2-c2ccc(F)c(Cl)c2)cn1. The van der Waals surface area contributed by atoms with Crippen LogP contribution in [0.3, 0.4) is 0 Å². The second-order valence-electron chi connectivity index (χ2n) is 4.84. The summed E-state index contributed by atoms with van der Waals surface area (Å²) in [5.41, 5.74) is 2.92. The summed E-state index contributed by atoms with van der Waals surface area (Å²) in [5, 5.41) is 8.58. The van der Waals surface area contributed by atoms with Crippen LogP contribution in [0, 0.1) is 5.82 Å². The molecule has 0 aliphatic heterocycles. The molecule has 0 saturated carbocycles. The summed E-state index contributed by atoms with van der Waals surface area (Å²) in [4.78, 5) is 0. The van der Waals surface area contributed by atoms with Gasteiger partial charge in [-0.15, -0.1) is 0 Å². The van der Waals surface area contributed by atoms with E-state index in [1.54, 1.807) is 23.0 Å². The lowest BCUT2D eigenvalue weighted by atomic mass is 10.1. The second kappa shape index (κ2) is 5.69. The van der Waals surface area contributed by atoms with E-state index < -0.39 is 5.82 Å². The molecule has 21 heavy (non-hydrogen) atoms. The van der Waals surface area contributed by atoms with Crippen LogP contribution in [0.5, 0.6) is 0 Å². The minimum absolute atomic E-state index is 0.118. The normalized spacial score (nSPS) is 11.0. The number of halogens is 2. The number of hydrogen-bond acceptors (Lipinski definition) is 2. The van der Waals surface area contributed by atoms with E-state index in [0.717, 1.165) is 29.8 Å². The molecule has 0 aliphatic rings. The highest BCUT2D eigenvalue weighted by Crippen LogP contribution is 2.24. The quantitative estimate of drug-likeness (QED) is 0.741. The van der Waals surface area contributed by atoms with Crippen molar-refractivity contribution in [2.45, 2.75) is 13.0 Å². The molecule has 2 aromatic heterocycles. The molecule has 0 saturated heterocycles. The summed E-state index contributed by atoms with van der Waals surface area (Å²) in [6.45, 7) is 0.725. The number of aromatic nitrogens is 4. The van der Waals surface area contributed by atoms with Gasteiger partial charge in [-0.2, -0.15) is 10.2 Å². The van der Waals surface area contributed by atoms with Crippen molar-refractivity contribution in [3.63, 3.8) is 0 Å². The topological polar surface area (TPSA) is 35.6 Å². The summed E-state index contributed by atoms with van der Waals surface area (Å²) < 4.78 is 16.9. The maximum absolute atomic E-state index is 13.2. The third-order valence-corrected chi connectivity index (χ3v) is 3.59. The Morgan fingerprint density at radius 3 is 2.81 bits per heavy atom. The van der Waals surface area contributed by atoms with Gasteiger partial charge in [-0.25, -0.2) is 4.39 Å². The van der Waals surface area contributed by atoms with Gasteiger partial charge in [0, 0.05) is 31.5 Å². The van der Waals surface area contributed by atoms with E-state index in [-0.39, 0.29) is 5.02 Å². The van der Waals surface area contributed by atoms with Crippen LogP contribution in [0.25, 0.3) is 11.3 Å². The molecule has 2 heterocycles. The number of hydrogen-bond donors (Lipinski definition) is 0. The minimum Gasteiger partial charge on any atom is -0.276 e. The Balaban J connectivity index is 1.81. The van der Waals surface area contributed by atoms with Gasteiger partial charge in [0.1, 0.15) is 5.82 Å². The third kappa shape index (κ3) is 2.97. The van der Waals surface area contributed by atoms with Crippen molar-refractivity contribution >= 4 is 11.6 Å². The molecule has 0 aliphatic carbocycles.